The van der Waals surface area contributed by atoms with Crippen molar-refractivity contribution in [2.75, 3.05) is 23.7 Å². The van der Waals surface area contributed by atoms with Gasteiger partial charge in [-0.2, -0.15) is 0 Å². The molecule has 2 aromatic carbocycles. The number of hydrogen-bond acceptors (Lipinski definition) is 5. The normalized spacial score (nSPS) is 12.0. The first-order chi connectivity index (χ1) is 16.6. The topological polar surface area (TPSA) is 104 Å². The van der Waals surface area contributed by atoms with Crippen LogP contribution in [0.4, 0.5) is 5.69 Å². The molecule has 8 nitrogen and oxygen atoms in total. The number of Topliss-reactive ketones (excluding diaryl/α,β-unsaturated/α-hetero) is 1. The van der Waals surface area contributed by atoms with Crippen LogP contribution in [0.25, 0.3) is 0 Å². The standard InChI is InChI=1S/C26H35N3O5S/c1-5-7-16-27-26(32)24(6-2)28(18-21-12-9-8-10-13-21)25(31)19-29(35(4,33)34)23-15-11-14-22(17-23)20(3)30/h8-15,17,24H,5-7,16,18-19H2,1-4H3,(H,27,32). The molecule has 0 aliphatic heterocycles. The Balaban J connectivity index is 2.41. The molecule has 0 fully saturated rings. The Morgan fingerprint density at radius 2 is 1.69 bits per heavy atom. The van der Waals surface area contributed by atoms with Crippen LogP contribution in [0.2, 0.25) is 0 Å². The zero-order valence-corrected chi connectivity index (χ0v) is 21.7. The van der Waals surface area contributed by atoms with Gasteiger partial charge in [-0.3, -0.25) is 18.7 Å². The predicted molar refractivity (Wildman–Crippen MR) is 138 cm³/mol. The number of rotatable bonds is 13. The first-order valence-corrected chi connectivity index (χ1v) is 13.6. The summed E-state index contributed by atoms with van der Waals surface area (Å²) < 4.78 is 26.3. The molecule has 0 aliphatic carbocycles. The van der Waals surface area contributed by atoms with Gasteiger partial charge < -0.3 is 10.2 Å². The van der Waals surface area contributed by atoms with Crippen molar-refractivity contribution in [3.8, 4) is 0 Å². The van der Waals surface area contributed by atoms with E-state index in [-0.39, 0.29) is 23.9 Å². The van der Waals surface area contributed by atoms with Gasteiger partial charge in [0.05, 0.1) is 11.9 Å². The first kappa shape index (κ1) is 28.0. The number of amides is 2. The zero-order valence-electron chi connectivity index (χ0n) is 20.9. The number of sulfonamides is 1. The largest absolute Gasteiger partial charge is 0.354 e. The van der Waals surface area contributed by atoms with Crippen molar-refractivity contribution >= 4 is 33.3 Å². The lowest BCUT2D eigenvalue weighted by Crippen LogP contribution is -2.52. The number of unbranched alkanes of at least 4 members (excludes halogenated alkanes) is 1. The molecule has 190 valence electrons. The van der Waals surface area contributed by atoms with E-state index in [1.807, 2.05) is 44.2 Å². The first-order valence-electron chi connectivity index (χ1n) is 11.8. The fourth-order valence-electron chi connectivity index (χ4n) is 3.70. The molecule has 0 saturated heterocycles. The van der Waals surface area contributed by atoms with E-state index in [2.05, 4.69) is 5.32 Å². The van der Waals surface area contributed by atoms with Gasteiger partial charge in [-0.1, -0.05) is 62.7 Å². The molecule has 0 radical (unpaired) electrons. The third-order valence-corrected chi connectivity index (χ3v) is 6.77. The Hall–Kier alpha value is -3.20. The van der Waals surface area contributed by atoms with E-state index in [9.17, 15) is 22.8 Å². The number of benzene rings is 2. The van der Waals surface area contributed by atoms with Crippen molar-refractivity contribution in [1.29, 1.82) is 0 Å². The van der Waals surface area contributed by atoms with Crippen molar-refractivity contribution < 1.29 is 22.8 Å². The summed E-state index contributed by atoms with van der Waals surface area (Å²) in [5.41, 5.74) is 1.38. The van der Waals surface area contributed by atoms with Crippen LogP contribution in [0.1, 0.15) is 56.0 Å². The molecule has 2 rings (SSSR count). The Bertz CT molecular complexity index is 1120. The molecule has 0 saturated carbocycles. The molecule has 1 atom stereocenters. The lowest BCUT2D eigenvalue weighted by atomic mass is 10.1. The third kappa shape index (κ3) is 8.20. The van der Waals surface area contributed by atoms with Crippen molar-refractivity contribution in [3.05, 3.63) is 65.7 Å². The molecular formula is C26H35N3O5S. The monoisotopic (exact) mass is 501 g/mol. The van der Waals surface area contributed by atoms with Crippen molar-refractivity contribution in [1.82, 2.24) is 10.2 Å². The highest BCUT2D eigenvalue weighted by atomic mass is 32.2. The van der Waals surface area contributed by atoms with E-state index in [1.54, 1.807) is 12.1 Å². The Morgan fingerprint density at radius 1 is 1.00 bits per heavy atom. The highest BCUT2D eigenvalue weighted by Crippen LogP contribution is 2.21. The Labute approximate surface area is 208 Å². The fourth-order valence-corrected chi connectivity index (χ4v) is 4.54. The van der Waals surface area contributed by atoms with Crippen LogP contribution in [-0.4, -0.2) is 56.3 Å². The summed E-state index contributed by atoms with van der Waals surface area (Å²) in [5.74, 6) is -0.994. The van der Waals surface area contributed by atoms with Crippen LogP contribution < -0.4 is 9.62 Å². The van der Waals surface area contributed by atoms with Crippen LogP contribution in [0, 0.1) is 0 Å². The van der Waals surface area contributed by atoms with Gasteiger partial charge >= 0.3 is 0 Å². The minimum Gasteiger partial charge on any atom is -0.354 e. The van der Waals surface area contributed by atoms with E-state index in [0.717, 1.165) is 29.0 Å². The Morgan fingerprint density at radius 3 is 2.26 bits per heavy atom. The van der Waals surface area contributed by atoms with Gasteiger partial charge in [0, 0.05) is 18.7 Å². The summed E-state index contributed by atoms with van der Waals surface area (Å²) in [6.45, 7) is 5.40. The molecule has 0 heterocycles. The summed E-state index contributed by atoms with van der Waals surface area (Å²) in [6, 6.07) is 14.6. The second-order valence-corrected chi connectivity index (χ2v) is 10.4. The minimum absolute atomic E-state index is 0.157. The molecule has 1 N–H and O–H groups in total. The minimum atomic E-state index is -3.86. The van der Waals surface area contributed by atoms with Crippen LogP contribution in [0.15, 0.2) is 54.6 Å². The number of carbonyl (C=O) groups excluding carboxylic acids is 3. The van der Waals surface area contributed by atoms with E-state index in [4.69, 9.17) is 0 Å². The maximum atomic E-state index is 13.6. The molecule has 0 spiro atoms. The average molecular weight is 502 g/mol. The van der Waals surface area contributed by atoms with Gasteiger partial charge in [0.2, 0.25) is 21.8 Å². The van der Waals surface area contributed by atoms with Crippen LogP contribution in [-0.2, 0) is 26.2 Å². The fraction of sp³-hybridized carbons (Fsp3) is 0.423. The van der Waals surface area contributed by atoms with Gasteiger partial charge in [-0.05, 0) is 37.5 Å². The maximum Gasteiger partial charge on any atom is 0.244 e. The molecular weight excluding hydrogens is 466 g/mol. The number of hydrogen-bond donors (Lipinski definition) is 1. The summed E-state index contributed by atoms with van der Waals surface area (Å²) in [7, 11) is -3.86. The van der Waals surface area contributed by atoms with Gasteiger partial charge in [-0.15, -0.1) is 0 Å². The van der Waals surface area contributed by atoms with E-state index < -0.39 is 28.5 Å². The predicted octanol–water partition coefficient (Wildman–Crippen LogP) is 3.38. The molecule has 0 bridgehead atoms. The summed E-state index contributed by atoms with van der Waals surface area (Å²) in [4.78, 5) is 39.8. The number of ketones is 1. The third-order valence-electron chi connectivity index (χ3n) is 5.63. The number of nitrogens with zero attached hydrogens (tertiary/aromatic N) is 2. The van der Waals surface area contributed by atoms with Crippen LogP contribution in [0.3, 0.4) is 0 Å². The molecule has 35 heavy (non-hydrogen) atoms. The van der Waals surface area contributed by atoms with Gasteiger partial charge in [0.25, 0.3) is 0 Å². The highest BCUT2D eigenvalue weighted by molar-refractivity contribution is 7.92. The van der Waals surface area contributed by atoms with Gasteiger partial charge in [-0.25, -0.2) is 8.42 Å². The smallest absolute Gasteiger partial charge is 0.244 e. The van der Waals surface area contributed by atoms with Gasteiger partial charge in [0.1, 0.15) is 12.6 Å². The van der Waals surface area contributed by atoms with Crippen molar-refractivity contribution in [3.63, 3.8) is 0 Å². The van der Waals surface area contributed by atoms with Crippen LogP contribution in [0.5, 0.6) is 0 Å². The van der Waals surface area contributed by atoms with E-state index in [0.29, 0.717) is 18.5 Å². The van der Waals surface area contributed by atoms with E-state index in [1.165, 1.54) is 24.0 Å². The van der Waals surface area contributed by atoms with Crippen molar-refractivity contribution in [2.24, 2.45) is 0 Å². The summed E-state index contributed by atoms with van der Waals surface area (Å²) in [6.07, 6.45) is 3.13. The molecule has 2 amide bonds. The lowest BCUT2D eigenvalue weighted by molar-refractivity contribution is -0.140. The Kier molecular flexibility index (Phi) is 10.4. The molecule has 9 heteroatoms. The quantitative estimate of drug-likeness (QED) is 0.335. The number of nitrogens with one attached hydrogen (secondary N) is 1. The van der Waals surface area contributed by atoms with E-state index >= 15 is 0 Å². The SMILES string of the molecule is CCCCNC(=O)C(CC)N(Cc1ccccc1)C(=O)CN(c1cccc(C(C)=O)c1)S(C)(=O)=O. The molecule has 0 aromatic heterocycles. The highest BCUT2D eigenvalue weighted by Gasteiger charge is 2.31. The number of carbonyl (C=O) groups is 3. The summed E-state index contributed by atoms with van der Waals surface area (Å²) >= 11 is 0. The molecule has 2 aromatic rings. The second kappa shape index (κ2) is 13.0. The number of anilines is 1. The zero-order chi connectivity index (χ0) is 26.0. The second-order valence-electron chi connectivity index (χ2n) is 8.45. The summed E-state index contributed by atoms with van der Waals surface area (Å²) in [5, 5.41) is 2.89. The average Bonchev–Trinajstić information content (AvgIpc) is 2.82. The molecule has 0 aliphatic rings. The maximum absolute atomic E-state index is 13.6. The lowest BCUT2D eigenvalue weighted by Gasteiger charge is -2.33. The molecule has 1 unspecified atom stereocenters. The van der Waals surface area contributed by atoms with Crippen molar-refractivity contribution in [2.45, 2.75) is 52.6 Å². The van der Waals surface area contributed by atoms with Gasteiger partial charge in [0.15, 0.2) is 5.78 Å². The van der Waals surface area contributed by atoms with Crippen LogP contribution >= 0.6 is 0 Å².